The fourth-order valence-corrected chi connectivity index (χ4v) is 2.97. The number of aryl methyl sites for hydroxylation is 1. The number of carbonyl (C=O) groups is 1. The van der Waals surface area contributed by atoms with Gasteiger partial charge in [0.25, 0.3) is 0 Å². The fourth-order valence-electron chi connectivity index (χ4n) is 2.85. The summed E-state index contributed by atoms with van der Waals surface area (Å²) in [4.78, 5) is 12.0. The van der Waals surface area contributed by atoms with E-state index < -0.39 is 0 Å². The Morgan fingerprint density at radius 2 is 1.91 bits per heavy atom. The zero-order chi connectivity index (χ0) is 15.5. The van der Waals surface area contributed by atoms with Crippen LogP contribution in [0.5, 0.6) is 0 Å². The van der Waals surface area contributed by atoms with Gasteiger partial charge < -0.3 is 9.30 Å². The van der Waals surface area contributed by atoms with Crippen molar-refractivity contribution in [1.82, 2.24) is 4.57 Å². The highest BCUT2D eigenvalue weighted by Crippen LogP contribution is 2.30. The maximum absolute atomic E-state index is 12.0. The van der Waals surface area contributed by atoms with E-state index in [1.165, 1.54) is 5.52 Å². The average Bonchev–Trinajstić information content (AvgIpc) is 2.86. The number of hydrogen-bond donors (Lipinski definition) is 0. The summed E-state index contributed by atoms with van der Waals surface area (Å²) in [5.41, 5.74) is 2.89. The highest BCUT2D eigenvalue weighted by molar-refractivity contribution is 6.17. The molecule has 3 nitrogen and oxygen atoms in total. The molecular weight excluding hydrogens is 298 g/mol. The molecule has 0 saturated carbocycles. The van der Waals surface area contributed by atoms with Gasteiger partial charge in [-0.3, -0.25) is 0 Å². The lowest BCUT2D eigenvalue weighted by Gasteiger charge is -2.06. The topological polar surface area (TPSA) is 31.2 Å². The van der Waals surface area contributed by atoms with Crippen molar-refractivity contribution in [2.45, 2.75) is 19.9 Å². The fraction of sp³-hybridized carbons (Fsp3) is 0.278. The number of rotatable bonds is 5. The van der Waals surface area contributed by atoms with Gasteiger partial charge >= 0.3 is 5.97 Å². The largest absolute Gasteiger partial charge is 0.462 e. The molecule has 22 heavy (non-hydrogen) atoms. The third-order valence-corrected chi connectivity index (χ3v) is 4.07. The highest BCUT2D eigenvalue weighted by atomic mass is 35.5. The number of fused-ring (bicyclic) bond motifs is 3. The number of aromatic nitrogens is 1. The zero-order valence-electron chi connectivity index (χ0n) is 12.5. The second kappa shape index (κ2) is 6.41. The Hall–Kier alpha value is -2.00. The Labute approximate surface area is 134 Å². The van der Waals surface area contributed by atoms with Crippen LogP contribution in [0.1, 0.15) is 23.7 Å². The Balaban J connectivity index is 2.19. The number of ether oxygens (including phenoxy) is 1. The standard InChI is InChI=1S/C18H18ClNO2/c1-2-22-18(21)13-8-9-17-15(12-13)14-6-3-4-7-16(14)20(17)11-5-10-19/h3-4,6-9,12H,2,5,10-11H2,1H3. The number of alkyl halides is 1. The highest BCUT2D eigenvalue weighted by Gasteiger charge is 2.13. The molecule has 0 fully saturated rings. The quantitative estimate of drug-likeness (QED) is 0.509. The molecule has 3 rings (SSSR count). The van der Waals surface area contributed by atoms with E-state index in [1.54, 1.807) is 0 Å². The minimum atomic E-state index is -0.276. The van der Waals surface area contributed by atoms with Crippen molar-refractivity contribution in [2.24, 2.45) is 0 Å². The smallest absolute Gasteiger partial charge is 0.338 e. The third-order valence-electron chi connectivity index (χ3n) is 3.80. The second-order valence-electron chi connectivity index (χ2n) is 5.16. The van der Waals surface area contributed by atoms with Crippen molar-refractivity contribution in [1.29, 1.82) is 0 Å². The first kappa shape index (κ1) is 14.9. The van der Waals surface area contributed by atoms with Crippen LogP contribution in [-0.4, -0.2) is 23.0 Å². The maximum Gasteiger partial charge on any atom is 0.338 e. The van der Waals surface area contributed by atoms with E-state index in [0.29, 0.717) is 18.1 Å². The molecule has 0 N–H and O–H groups in total. The Bertz CT molecular complexity index is 822. The van der Waals surface area contributed by atoms with Crippen molar-refractivity contribution in [3.8, 4) is 0 Å². The van der Waals surface area contributed by atoms with Crippen LogP contribution in [0.25, 0.3) is 21.8 Å². The molecule has 0 amide bonds. The lowest BCUT2D eigenvalue weighted by molar-refractivity contribution is 0.0526. The van der Waals surface area contributed by atoms with Crippen molar-refractivity contribution >= 4 is 39.4 Å². The summed E-state index contributed by atoms with van der Waals surface area (Å²) in [5, 5.41) is 2.23. The summed E-state index contributed by atoms with van der Waals surface area (Å²) in [6, 6.07) is 14.0. The number of hydrogen-bond acceptors (Lipinski definition) is 2. The van der Waals surface area contributed by atoms with Crippen LogP contribution in [-0.2, 0) is 11.3 Å². The lowest BCUT2D eigenvalue weighted by Crippen LogP contribution is -2.04. The Morgan fingerprint density at radius 1 is 1.14 bits per heavy atom. The molecule has 3 aromatic rings. The number of halogens is 1. The van der Waals surface area contributed by atoms with Crippen LogP contribution >= 0.6 is 11.6 Å². The molecule has 0 aliphatic rings. The summed E-state index contributed by atoms with van der Waals surface area (Å²) < 4.78 is 7.36. The van der Waals surface area contributed by atoms with Gasteiger partial charge in [-0.05, 0) is 37.6 Å². The number of carbonyl (C=O) groups excluding carboxylic acids is 1. The van der Waals surface area contributed by atoms with Crippen molar-refractivity contribution in [3.05, 3.63) is 48.0 Å². The summed E-state index contributed by atoms with van der Waals surface area (Å²) in [6.07, 6.45) is 0.912. The first-order chi connectivity index (χ1) is 10.8. The van der Waals surface area contributed by atoms with Gasteiger partial charge in [-0.1, -0.05) is 18.2 Å². The van der Waals surface area contributed by atoms with Gasteiger partial charge in [0, 0.05) is 34.2 Å². The normalized spacial score (nSPS) is 11.2. The number of para-hydroxylation sites is 1. The molecule has 2 aromatic carbocycles. The zero-order valence-corrected chi connectivity index (χ0v) is 13.3. The van der Waals surface area contributed by atoms with E-state index in [-0.39, 0.29) is 5.97 Å². The monoisotopic (exact) mass is 315 g/mol. The van der Waals surface area contributed by atoms with E-state index in [9.17, 15) is 4.79 Å². The number of esters is 1. The van der Waals surface area contributed by atoms with Crippen LogP contribution in [0.15, 0.2) is 42.5 Å². The van der Waals surface area contributed by atoms with Gasteiger partial charge in [0.15, 0.2) is 0 Å². The van der Waals surface area contributed by atoms with Crippen LogP contribution in [0.3, 0.4) is 0 Å². The van der Waals surface area contributed by atoms with Gasteiger partial charge in [-0.25, -0.2) is 4.79 Å². The van der Waals surface area contributed by atoms with Crippen LogP contribution in [0, 0.1) is 0 Å². The van der Waals surface area contributed by atoms with Crippen LogP contribution < -0.4 is 0 Å². The minimum Gasteiger partial charge on any atom is -0.462 e. The van der Waals surface area contributed by atoms with E-state index >= 15 is 0 Å². The summed E-state index contributed by atoms with van der Waals surface area (Å²) in [6.45, 7) is 3.06. The van der Waals surface area contributed by atoms with Gasteiger partial charge in [0.2, 0.25) is 0 Å². The van der Waals surface area contributed by atoms with E-state index in [1.807, 2.05) is 37.3 Å². The van der Waals surface area contributed by atoms with Gasteiger partial charge in [-0.2, -0.15) is 0 Å². The van der Waals surface area contributed by atoms with Gasteiger partial charge in [0.1, 0.15) is 0 Å². The molecule has 0 unspecified atom stereocenters. The first-order valence-corrected chi connectivity index (χ1v) is 8.03. The molecule has 1 heterocycles. The van der Waals surface area contributed by atoms with Gasteiger partial charge in [0.05, 0.1) is 12.2 Å². The van der Waals surface area contributed by atoms with E-state index in [2.05, 4.69) is 16.7 Å². The molecule has 0 radical (unpaired) electrons. The molecule has 0 aliphatic heterocycles. The van der Waals surface area contributed by atoms with Gasteiger partial charge in [-0.15, -0.1) is 11.6 Å². The molecular formula is C18H18ClNO2. The summed E-state index contributed by atoms with van der Waals surface area (Å²) in [5.74, 6) is 0.358. The van der Waals surface area contributed by atoms with Crippen LogP contribution in [0.2, 0.25) is 0 Å². The number of benzene rings is 2. The minimum absolute atomic E-state index is 0.276. The lowest BCUT2D eigenvalue weighted by atomic mass is 10.1. The molecule has 0 spiro atoms. The third kappa shape index (κ3) is 2.57. The van der Waals surface area contributed by atoms with Crippen molar-refractivity contribution in [3.63, 3.8) is 0 Å². The summed E-state index contributed by atoms with van der Waals surface area (Å²) in [7, 11) is 0. The molecule has 0 saturated heterocycles. The summed E-state index contributed by atoms with van der Waals surface area (Å²) >= 11 is 5.85. The Kier molecular flexibility index (Phi) is 4.34. The van der Waals surface area contributed by atoms with E-state index in [4.69, 9.17) is 16.3 Å². The first-order valence-electron chi connectivity index (χ1n) is 7.50. The predicted molar refractivity (Wildman–Crippen MR) is 90.7 cm³/mol. The molecule has 4 heteroatoms. The molecule has 0 atom stereocenters. The van der Waals surface area contributed by atoms with Crippen molar-refractivity contribution < 1.29 is 9.53 Å². The second-order valence-corrected chi connectivity index (χ2v) is 5.54. The van der Waals surface area contributed by atoms with Crippen molar-refractivity contribution in [2.75, 3.05) is 12.5 Å². The Morgan fingerprint density at radius 3 is 2.68 bits per heavy atom. The van der Waals surface area contributed by atoms with E-state index in [0.717, 1.165) is 29.3 Å². The molecule has 114 valence electrons. The number of nitrogens with zero attached hydrogens (tertiary/aromatic N) is 1. The molecule has 1 aromatic heterocycles. The van der Waals surface area contributed by atoms with Crippen LogP contribution in [0.4, 0.5) is 0 Å². The SMILES string of the molecule is CCOC(=O)c1ccc2c(c1)c1ccccc1n2CCCCl. The molecule has 0 aliphatic carbocycles. The maximum atomic E-state index is 12.0. The average molecular weight is 316 g/mol. The predicted octanol–water partition coefficient (Wildman–Crippen LogP) is 4.60. The molecule has 0 bridgehead atoms.